The third-order valence-corrected chi connectivity index (χ3v) is 4.17. The summed E-state index contributed by atoms with van der Waals surface area (Å²) in [6.07, 6.45) is 0. The third kappa shape index (κ3) is 4.98. The average Bonchev–Trinajstić information content (AvgIpc) is 2.70. The minimum atomic E-state index is 0.0161. The van der Waals surface area contributed by atoms with Crippen molar-refractivity contribution in [3.05, 3.63) is 108 Å². The molecule has 0 aliphatic carbocycles. The van der Waals surface area contributed by atoms with Crippen molar-refractivity contribution in [3.8, 4) is 0 Å². The van der Waals surface area contributed by atoms with Crippen LogP contribution in [0.15, 0.2) is 91.0 Å². The molecule has 3 heteroatoms. The van der Waals surface area contributed by atoms with E-state index < -0.39 is 0 Å². The number of Topliss-reactive ketones (excluding diaryl/α,β-unsaturated/α-hetero) is 2. The fraction of sp³-hybridized carbons (Fsp3) is 0.130. The van der Waals surface area contributed by atoms with Gasteiger partial charge in [-0.05, 0) is 5.56 Å². The predicted molar refractivity (Wildman–Crippen MR) is 103 cm³/mol. The van der Waals surface area contributed by atoms with Crippen LogP contribution in [0.3, 0.4) is 0 Å². The standard InChI is InChI=1S/C23H21NO2/c25-22(20-12-6-2-7-13-20)17-24(16-19-10-4-1-5-11-19)18-23(26)21-14-8-3-9-15-21/h1-15H,16-18H2. The Bertz CT molecular complexity index is 792. The summed E-state index contributed by atoms with van der Waals surface area (Å²) in [7, 11) is 0. The number of rotatable bonds is 8. The Labute approximate surface area is 153 Å². The van der Waals surface area contributed by atoms with Gasteiger partial charge in [-0.25, -0.2) is 0 Å². The number of hydrogen-bond acceptors (Lipinski definition) is 3. The molecule has 0 saturated heterocycles. The van der Waals surface area contributed by atoms with Crippen molar-refractivity contribution in [2.24, 2.45) is 0 Å². The van der Waals surface area contributed by atoms with Crippen LogP contribution >= 0.6 is 0 Å². The summed E-state index contributed by atoms with van der Waals surface area (Å²) in [5, 5.41) is 0. The topological polar surface area (TPSA) is 37.4 Å². The van der Waals surface area contributed by atoms with Gasteiger partial charge in [0.2, 0.25) is 0 Å². The van der Waals surface area contributed by atoms with Gasteiger partial charge >= 0.3 is 0 Å². The number of hydrogen-bond donors (Lipinski definition) is 0. The first kappa shape index (κ1) is 17.8. The monoisotopic (exact) mass is 343 g/mol. The van der Waals surface area contributed by atoms with E-state index in [-0.39, 0.29) is 24.7 Å². The number of benzene rings is 3. The van der Waals surface area contributed by atoms with Crippen LogP contribution in [0.4, 0.5) is 0 Å². The van der Waals surface area contributed by atoms with Gasteiger partial charge in [0, 0.05) is 17.7 Å². The molecule has 0 bridgehead atoms. The third-order valence-electron chi connectivity index (χ3n) is 4.17. The summed E-state index contributed by atoms with van der Waals surface area (Å²) < 4.78 is 0. The summed E-state index contributed by atoms with van der Waals surface area (Å²) in [5.41, 5.74) is 2.41. The molecule has 0 unspecified atom stereocenters. The lowest BCUT2D eigenvalue weighted by Gasteiger charge is -2.21. The van der Waals surface area contributed by atoms with Crippen LogP contribution in [-0.2, 0) is 6.54 Å². The van der Waals surface area contributed by atoms with Gasteiger partial charge in [0.1, 0.15) is 0 Å². The van der Waals surface area contributed by atoms with E-state index in [1.165, 1.54) is 0 Å². The molecule has 0 spiro atoms. The van der Waals surface area contributed by atoms with Crippen molar-refractivity contribution in [1.29, 1.82) is 0 Å². The first-order chi connectivity index (χ1) is 12.7. The maximum atomic E-state index is 12.6. The quantitative estimate of drug-likeness (QED) is 0.574. The highest BCUT2D eigenvalue weighted by atomic mass is 16.1. The number of carbonyl (C=O) groups excluding carboxylic acids is 2. The summed E-state index contributed by atoms with van der Waals surface area (Å²) in [6.45, 7) is 0.965. The highest BCUT2D eigenvalue weighted by Gasteiger charge is 2.17. The van der Waals surface area contributed by atoms with Gasteiger partial charge in [-0.2, -0.15) is 0 Å². The van der Waals surface area contributed by atoms with Crippen molar-refractivity contribution in [2.45, 2.75) is 6.54 Å². The molecule has 0 heterocycles. The summed E-state index contributed by atoms with van der Waals surface area (Å²) in [5.74, 6) is 0.0322. The average molecular weight is 343 g/mol. The molecule has 26 heavy (non-hydrogen) atoms. The molecule has 0 fully saturated rings. The molecule has 0 N–H and O–H groups in total. The Hall–Kier alpha value is -3.04. The highest BCUT2D eigenvalue weighted by molar-refractivity contribution is 5.99. The fourth-order valence-electron chi connectivity index (χ4n) is 2.85. The van der Waals surface area contributed by atoms with E-state index in [4.69, 9.17) is 0 Å². The van der Waals surface area contributed by atoms with Gasteiger partial charge in [0.25, 0.3) is 0 Å². The second kappa shape index (κ2) is 8.88. The van der Waals surface area contributed by atoms with Gasteiger partial charge in [0.05, 0.1) is 13.1 Å². The van der Waals surface area contributed by atoms with Crippen LogP contribution in [0.5, 0.6) is 0 Å². The fourth-order valence-corrected chi connectivity index (χ4v) is 2.85. The summed E-state index contributed by atoms with van der Waals surface area (Å²) >= 11 is 0. The van der Waals surface area contributed by atoms with Crippen LogP contribution in [-0.4, -0.2) is 29.6 Å². The molecule has 3 nitrogen and oxygen atoms in total. The van der Waals surface area contributed by atoms with Gasteiger partial charge in [-0.3, -0.25) is 14.5 Å². The Morgan fingerprint density at radius 1 is 0.577 bits per heavy atom. The van der Waals surface area contributed by atoms with E-state index in [9.17, 15) is 9.59 Å². The van der Waals surface area contributed by atoms with Crippen molar-refractivity contribution in [3.63, 3.8) is 0 Å². The molecular weight excluding hydrogens is 322 g/mol. The first-order valence-electron chi connectivity index (χ1n) is 8.65. The van der Waals surface area contributed by atoms with E-state index >= 15 is 0 Å². The SMILES string of the molecule is O=C(CN(CC(=O)c1ccccc1)Cc1ccccc1)c1ccccc1. The normalized spacial score (nSPS) is 10.7. The summed E-state index contributed by atoms with van der Waals surface area (Å²) in [6, 6.07) is 28.3. The Balaban J connectivity index is 1.75. The van der Waals surface area contributed by atoms with E-state index in [1.807, 2.05) is 95.9 Å². The minimum Gasteiger partial charge on any atom is -0.293 e. The van der Waals surface area contributed by atoms with Crippen molar-refractivity contribution in [2.75, 3.05) is 13.1 Å². The molecule has 3 rings (SSSR count). The minimum absolute atomic E-state index is 0.0161. The van der Waals surface area contributed by atoms with Crippen molar-refractivity contribution < 1.29 is 9.59 Å². The molecular formula is C23H21NO2. The maximum Gasteiger partial charge on any atom is 0.176 e. The van der Waals surface area contributed by atoms with Gasteiger partial charge in [-0.1, -0.05) is 91.0 Å². The lowest BCUT2D eigenvalue weighted by molar-refractivity contribution is 0.0864. The van der Waals surface area contributed by atoms with Crippen LogP contribution in [0, 0.1) is 0 Å². The van der Waals surface area contributed by atoms with Gasteiger partial charge in [0.15, 0.2) is 11.6 Å². The molecule has 0 atom stereocenters. The zero-order chi connectivity index (χ0) is 18.2. The zero-order valence-corrected chi connectivity index (χ0v) is 14.5. The smallest absolute Gasteiger partial charge is 0.176 e. The van der Waals surface area contributed by atoms with Gasteiger partial charge in [-0.15, -0.1) is 0 Å². The maximum absolute atomic E-state index is 12.6. The van der Waals surface area contributed by atoms with E-state index in [0.29, 0.717) is 17.7 Å². The molecule has 0 radical (unpaired) electrons. The molecule has 0 aromatic heterocycles. The second-order valence-electron chi connectivity index (χ2n) is 6.21. The Morgan fingerprint density at radius 2 is 0.962 bits per heavy atom. The van der Waals surface area contributed by atoms with E-state index in [0.717, 1.165) is 5.56 Å². The molecule has 130 valence electrons. The second-order valence-corrected chi connectivity index (χ2v) is 6.21. The molecule has 3 aromatic carbocycles. The molecule has 0 saturated carbocycles. The molecule has 0 amide bonds. The number of ketones is 2. The van der Waals surface area contributed by atoms with Gasteiger partial charge < -0.3 is 0 Å². The Kier molecular flexibility index (Phi) is 6.07. The van der Waals surface area contributed by atoms with Crippen LogP contribution in [0.25, 0.3) is 0 Å². The lowest BCUT2D eigenvalue weighted by atomic mass is 10.1. The van der Waals surface area contributed by atoms with Crippen molar-refractivity contribution in [1.82, 2.24) is 4.90 Å². The van der Waals surface area contributed by atoms with E-state index in [2.05, 4.69) is 0 Å². The van der Waals surface area contributed by atoms with E-state index in [1.54, 1.807) is 0 Å². The largest absolute Gasteiger partial charge is 0.293 e. The molecule has 0 aliphatic heterocycles. The van der Waals surface area contributed by atoms with Crippen LogP contribution < -0.4 is 0 Å². The number of carbonyl (C=O) groups is 2. The first-order valence-corrected chi connectivity index (χ1v) is 8.65. The summed E-state index contributed by atoms with van der Waals surface area (Å²) in [4.78, 5) is 27.1. The predicted octanol–water partition coefficient (Wildman–Crippen LogP) is 4.25. The zero-order valence-electron chi connectivity index (χ0n) is 14.5. The molecule has 3 aromatic rings. The lowest BCUT2D eigenvalue weighted by Crippen LogP contribution is -2.34. The molecule has 0 aliphatic rings. The van der Waals surface area contributed by atoms with Crippen LogP contribution in [0.1, 0.15) is 26.3 Å². The van der Waals surface area contributed by atoms with Crippen molar-refractivity contribution >= 4 is 11.6 Å². The highest BCUT2D eigenvalue weighted by Crippen LogP contribution is 2.10. The number of nitrogens with zero attached hydrogens (tertiary/aromatic N) is 1. The van der Waals surface area contributed by atoms with Crippen LogP contribution in [0.2, 0.25) is 0 Å². The Morgan fingerprint density at radius 3 is 1.38 bits per heavy atom.